The van der Waals surface area contributed by atoms with Gasteiger partial charge in [0.05, 0.1) is 12.0 Å². The van der Waals surface area contributed by atoms with Crippen LogP contribution in [-0.2, 0) is 16.1 Å². The number of hydrogen-bond donors (Lipinski definition) is 0. The van der Waals surface area contributed by atoms with Crippen molar-refractivity contribution in [2.45, 2.75) is 44.7 Å². The highest BCUT2D eigenvalue weighted by molar-refractivity contribution is 5.85. The summed E-state index contributed by atoms with van der Waals surface area (Å²) in [6.07, 6.45) is 4.46. The van der Waals surface area contributed by atoms with Crippen LogP contribution < -0.4 is 0 Å². The third kappa shape index (κ3) is 3.96. The normalized spacial score (nSPS) is 22.9. The van der Waals surface area contributed by atoms with Crippen LogP contribution in [0.3, 0.4) is 0 Å². The van der Waals surface area contributed by atoms with Crippen molar-refractivity contribution in [3.63, 3.8) is 0 Å². The molecule has 2 aliphatic rings. The smallest absolute Gasteiger partial charge is 0.228 e. The third-order valence-electron chi connectivity index (χ3n) is 6.03. The van der Waals surface area contributed by atoms with E-state index in [9.17, 15) is 9.59 Å². The van der Waals surface area contributed by atoms with Crippen LogP contribution in [0.15, 0.2) is 60.7 Å². The summed E-state index contributed by atoms with van der Waals surface area (Å²) >= 11 is 0. The molecule has 2 aromatic carbocycles. The molecule has 0 spiro atoms. The fourth-order valence-electron chi connectivity index (χ4n) is 4.59. The highest BCUT2D eigenvalue weighted by Crippen LogP contribution is 2.39. The summed E-state index contributed by atoms with van der Waals surface area (Å²) in [5.74, 6) is 0.196. The molecule has 2 fully saturated rings. The van der Waals surface area contributed by atoms with Gasteiger partial charge in [-0.15, -0.1) is 0 Å². The summed E-state index contributed by atoms with van der Waals surface area (Å²) in [6.45, 7) is 2.25. The molecule has 4 heteroatoms. The molecule has 0 aromatic heterocycles. The van der Waals surface area contributed by atoms with Gasteiger partial charge in [0.25, 0.3) is 0 Å². The molecule has 0 aliphatic carbocycles. The molecule has 2 amide bonds. The second-order valence-electron chi connectivity index (χ2n) is 7.89. The molecule has 2 aromatic rings. The second-order valence-corrected chi connectivity index (χ2v) is 7.89. The van der Waals surface area contributed by atoms with Crippen molar-refractivity contribution in [1.29, 1.82) is 0 Å². The molecule has 0 bridgehead atoms. The number of carbonyl (C=O) groups excluding carboxylic acids is 2. The number of hydrogen-bond acceptors (Lipinski definition) is 2. The first kappa shape index (κ1) is 18.7. The molecular weight excluding hydrogens is 348 g/mol. The molecule has 2 atom stereocenters. The van der Waals surface area contributed by atoms with Crippen molar-refractivity contribution >= 4 is 11.8 Å². The molecule has 2 aliphatic heterocycles. The Morgan fingerprint density at radius 3 is 2.21 bits per heavy atom. The van der Waals surface area contributed by atoms with Gasteiger partial charge in [0.2, 0.25) is 11.8 Å². The Bertz CT molecular complexity index is 800. The van der Waals surface area contributed by atoms with Crippen LogP contribution in [0.25, 0.3) is 0 Å². The molecule has 28 heavy (non-hydrogen) atoms. The van der Waals surface area contributed by atoms with Gasteiger partial charge in [0.1, 0.15) is 0 Å². The number of rotatable bonds is 4. The highest BCUT2D eigenvalue weighted by Gasteiger charge is 2.42. The lowest BCUT2D eigenvalue weighted by atomic mass is 9.82. The zero-order valence-electron chi connectivity index (χ0n) is 16.3. The molecule has 4 rings (SSSR count). The lowest BCUT2D eigenvalue weighted by Crippen LogP contribution is -2.49. The van der Waals surface area contributed by atoms with Gasteiger partial charge in [-0.25, -0.2) is 0 Å². The van der Waals surface area contributed by atoms with E-state index in [-0.39, 0.29) is 23.8 Å². The molecule has 0 unspecified atom stereocenters. The van der Waals surface area contributed by atoms with E-state index in [1.165, 1.54) is 6.42 Å². The summed E-state index contributed by atoms with van der Waals surface area (Å²) in [6, 6.07) is 20.0. The quantitative estimate of drug-likeness (QED) is 0.803. The second kappa shape index (κ2) is 8.59. The Kier molecular flexibility index (Phi) is 5.75. The largest absolute Gasteiger partial charge is 0.342 e. The summed E-state index contributed by atoms with van der Waals surface area (Å²) in [5, 5.41) is 0. The monoisotopic (exact) mass is 376 g/mol. The molecule has 0 N–H and O–H groups in total. The SMILES string of the molecule is O=C([C@@H]1CCC(=O)N(Cc2ccccc2)[C@H]1c1ccccc1)N1CCCCC1. The molecule has 2 heterocycles. The average Bonchev–Trinajstić information content (AvgIpc) is 2.76. The van der Waals surface area contributed by atoms with E-state index in [0.717, 1.165) is 37.1 Å². The maximum atomic E-state index is 13.4. The van der Waals surface area contributed by atoms with Gasteiger partial charge in [-0.1, -0.05) is 60.7 Å². The maximum Gasteiger partial charge on any atom is 0.228 e. The zero-order valence-corrected chi connectivity index (χ0v) is 16.3. The van der Waals surface area contributed by atoms with Crippen molar-refractivity contribution in [1.82, 2.24) is 9.80 Å². The first-order valence-electron chi connectivity index (χ1n) is 10.4. The van der Waals surface area contributed by atoms with Gasteiger partial charge in [-0.3, -0.25) is 9.59 Å². The van der Waals surface area contributed by atoms with Crippen LogP contribution in [0.5, 0.6) is 0 Å². The van der Waals surface area contributed by atoms with Crippen molar-refractivity contribution < 1.29 is 9.59 Å². The first-order valence-corrected chi connectivity index (χ1v) is 10.4. The van der Waals surface area contributed by atoms with Gasteiger partial charge in [0, 0.05) is 26.1 Å². The summed E-state index contributed by atoms with van der Waals surface area (Å²) < 4.78 is 0. The Morgan fingerprint density at radius 1 is 0.893 bits per heavy atom. The van der Waals surface area contributed by atoms with E-state index >= 15 is 0 Å². The van der Waals surface area contributed by atoms with Crippen LogP contribution >= 0.6 is 0 Å². The predicted molar refractivity (Wildman–Crippen MR) is 109 cm³/mol. The Balaban J connectivity index is 1.66. The van der Waals surface area contributed by atoms with Crippen LogP contribution in [0, 0.1) is 5.92 Å². The topological polar surface area (TPSA) is 40.6 Å². The molecule has 0 radical (unpaired) electrons. The number of nitrogens with zero attached hydrogens (tertiary/aromatic N) is 2. The van der Waals surface area contributed by atoms with Crippen LogP contribution in [-0.4, -0.2) is 34.7 Å². The van der Waals surface area contributed by atoms with Crippen LogP contribution in [0.1, 0.15) is 49.3 Å². The van der Waals surface area contributed by atoms with Crippen molar-refractivity contribution in [2.24, 2.45) is 5.92 Å². The van der Waals surface area contributed by atoms with Crippen molar-refractivity contribution in [3.8, 4) is 0 Å². The maximum absolute atomic E-state index is 13.4. The van der Waals surface area contributed by atoms with E-state index in [0.29, 0.717) is 19.4 Å². The van der Waals surface area contributed by atoms with Gasteiger partial charge >= 0.3 is 0 Å². The molecule has 4 nitrogen and oxygen atoms in total. The van der Waals surface area contributed by atoms with Gasteiger partial charge in [-0.05, 0) is 36.8 Å². The number of likely N-dealkylation sites (tertiary alicyclic amines) is 2. The molecule has 0 saturated carbocycles. The third-order valence-corrected chi connectivity index (χ3v) is 6.03. The van der Waals surface area contributed by atoms with E-state index in [1.807, 2.05) is 58.3 Å². The highest BCUT2D eigenvalue weighted by atomic mass is 16.2. The fraction of sp³-hybridized carbons (Fsp3) is 0.417. The van der Waals surface area contributed by atoms with Gasteiger partial charge in [-0.2, -0.15) is 0 Å². The van der Waals surface area contributed by atoms with Gasteiger partial charge < -0.3 is 9.80 Å². The number of benzene rings is 2. The minimum atomic E-state index is -0.197. The Labute approximate surface area is 167 Å². The van der Waals surface area contributed by atoms with Crippen LogP contribution in [0.4, 0.5) is 0 Å². The minimum absolute atomic E-state index is 0.139. The van der Waals surface area contributed by atoms with Crippen molar-refractivity contribution in [3.05, 3.63) is 71.8 Å². The standard InChI is InChI=1S/C24H28N2O2/c27-22-15-14-21(24(28)25-16-8-3-9-17-25)23(20-12-6-2-7-13-20)26(22)18-19-10-4-1-5-11-19/h1-2,4-7,10-13,21,23H,3,8-9,14-18H2/t21-,23+/m1/s1. The van der Waals surface area contributed by atoms with Crippen molar-refractivity contribution in [2.75, 3.05) is 13.1 Å². The summed E-state index contributed by atoms with van der Waals surface area (Å²) in [4.78, 5) is 30.3. The van der Waals surface area contributed by atoms with E-state index < -0.39 is 0 Å². The number of carbonyl (C=O) groups is 2. The van der Waals surface area contributed by atoms with E-state index in [1.54, 1.807) is 0 Å². The van der Waals surface area contributed by atoms with Crippen LogP contribution in [0.2, 0.25) is 0 Å². The minimum Gasteiger partial charge on any atom is -0.342 e. The molecule has 146 valence electrons. The van der Waals surface area contributed by atoms with E-state index in [2.05, 4.69) is 12.1 Å². The first-order chi connectivity index (χ1) is 13.7. The molecule has 2 saturated heterocycles. The summed E-state index contributed by atoms with van der Waals surface area (Å²) in [7, 11) is 0. The molecular formula is C24H28N2O2. The fourth-order valence-corrected chi connectivity index (χ4v) is 4.59. The summed E-state index contributed by atoms with van der Waals surface area (Å²) in [5.41, 5.74) is 2.16. The Morgan fingerprint density at radius 2 is 1.54 bits per heavy atom. The van der Waals surface area contributed by atoms with E-state index in [4.69, 9.17) is 0 Å². The Hall–Kier alpha value is -2.62. The predicted octanol–water partition coefficient (Wildman–Crippen LogP) is 4.18. The lowest BCUT2D eigenvalue weighted by molar-refractivity contribution is -0.149. The number of piperidine rings is 2. The lowest BCUT2D eigenvalue weighted by Gasteiger charge is -2.43. The number of amides is 2. The zero-order chi connectivity index (χ0) is 19.3. The van der Waals surface area contributed by atoms with Gasteiger partial charge in [0.15, 0.2) is 0 Å². The average molecular weight is 377 g/mol.